The Morgan fingerprint density at radius 1 is 1.32 bits per heavy atom. The van der Waals surface area contributed by atoms with Gasteiger partial charge in [-0.25, -0.2) is 0 Å². The SMILES string of the molecule is Cl.Nc1cc(Cl)c(Cl)c2c1c(-c1cn[nH]c1)c1n2CCNC1. The van der Waals surface area contributed by atoms with Crippen molar-refractivity contribution in [2.24, 2.45) is 0 Å². The number of nitrogens with two attached hydrogens (primary N) is 1. The first-order chi connectivity index (χ1) is 10.2. The van der Waals surface area contributed by atoms with Crippen LogP contribution in [-0.4, -0.2) is 21.3 Å². The number of aromatic nitrogens is 3. The van der Waals surface area contributed by atoms with Crippen molar-refractivity contribution in [1.29, 1.82) is 0 Å². The van der Waals surface area contributed by atoms with Crippen molar-refractivity contribution in [3.8, 4) is 11.1 Å². The van der Waals surface area contributed by atoms with Crippen LogP contribution in [0.25, 0.3) is 22.0 Å². The number of hydrogen-bond donors (Lipinski definition) is 3. The first-order valence-electron chi connectivity index (χ1n) is 6.67. The Labute approximate surface area is 143 Å². The van der Waals surface area contributed by atoms with Crippen LogP contribution in [-0.2, 0) is 13.1 Å². The van der Waals surface area contributed by atoms with Crippen molar-refractivity contribution in [2.45, 2.75) is 13.1 Å². The molecule has 1 aliphatic rings. The summed E-state index contributed by atoms with van der Waals surface area (Å²) in [4.78, 5) is 0. The number of hydrogen-bond acceptors (Lipinski definition) is 3. The summed E-state index contributed by atoms with van der Waals surface area (Å²) in [5, 5.41) is 12.3. The van der Waals surface area contributed by atoms with Gasteiger partial charge in [-0.05, 0) is 6.07 Å². The van der Waals surface area contributed by atoms with Crippen LogP contribution in [0.2, 0.25) is 10.0 Å². The lowest BCUT2D eigenvalue weighted by atomic mass is 10.0. The topological polar surface area (TPSA) is 71.7 Å². The third-order valence-corrected chi connectivity index (χ3v) is 4.73. The molecule has 0 saturated heterocycles. The highest BCUT2D eigenvalue weighted by molar-refractivity contribution is 6.46. The van der Waals surface area contributed by atoms with Crippen molar-refractivity contribution >= 4 is 52.2 Å². The van der Waals surface area contributed by atoms with E-state index in [2.05, 4.69) is 20.1 Å². The maximum atomic E-state index is 6.46. The highest BCUT2D eigenvalue weighted by Gasteiger charge is 2.25. The molecular formula is C14H14Cl3N5. The first kappa shape index (κ1) is 15.5. The van der Waals surface area contributed by atoms with Gasteiger partial charge in [0, 0.05) is 53.7 Å². The molecule has 0 amide bonds. The minimum Gasteiger partial charge on any atom is -0.398 e. The van der Waals surface area contributed by atoms with Crippen molar-refractivity contribution in [3.63, 3.8) is 0 Å². The summed E-state index contributed by atoms with van der Waals surface area (Å²) < 4.78 is 2.21. The van der Waals surface area contributed by atoms with E-state index in [1.54, 1.807) is 12.3 Å². The summed E-state index contributed by atoms with van der Waals surface area (Å²) in [5.74, 6) is 0. The van der Waals surface area contributed by atoms with Crippen LogP contribution in [0.1, 0.15) is 5.69 Å². The quantitative estimate of drug-likeness (QED) is 0.583. The fraction of sp³-hybridized carbons (Fsp3) is 0.214. The van der Waals surface area contributed by atoms with Gasteiger partial charge in [-0.3, -0.25) is 5.10 Å². The number of nitrogens with zero attached hydrogens (tertiary/aromatic N) is 2. The van der Waals surface area contributed by atoms with Crippen LogP contribution in [0.5, 0.6) is 0 Å². The molecule has 0 fully saturated rings. The van der Waals surface area contributed by atoms with Crippen LogP contribution < -0.4 is 11.1 Å². The third-order valence-electron chi connectivity index (χ3n) is 3.95. The van der Waals surface area contributed by atoms with Gasteiger partial charge in [-0.2, -0.15) is 5.10 Å². The Morgan fingerprint density at radius 2 is 2.14 bits per heavy atom. The summed E-state index contributed by atoms with van der Waals surface area (Å²) in [6, 6.07) is 1.72. The molecular weight excluding hydrogens is 345 g/mol. The molecule has 0 aliphatic carbocycles. The average Bonchev–Trinajstić information content (AvgIpc) is 3.10. The average molecular weight is 359 g/mol. The number of rotatable bonds is 1. The minimum atomic E-state index is 0. The van der Waals surface area contributed by atoms with Crippen LogP contribution in [0.15, 0.2) is 18.5 Å². The number of benzene rings is 1. The molecule has 0 unspecified atom stereocenters. The van der Waals surface area contributed by atoms with Crippen LogP contribution >= 0.6 is 35.6 Å². The molecule has 0 radical (unpaired) electrons. The maximum Gasteiger partial charge on any atom is 0.0837 e. The van der Waals surface area contributed by atoms with Gasteiger partial charge < -0.3 is 15.6 Å². The van der Waals surface area contributed by atoms with E-state index < -0.39 is 0 Å². The molecule has 4 N–H and O–H groups in total. The lowest BCUT2D eigenvalue weighted by Crippen LogP contribution is -2.27. The van der Waals surface area contributed by atoms with Gasteiger partial charge in [0.2, 0.25) is 0 Å². The monoisotopic (exact) mass is 357 g/mol. The largest absolute Gasteiger partial charge is 0.398 e. The molecule has 1 aromatic carbocycles. The molecule has 1 aliphatic heterocycles. The number of fused-ring (bicyclic) bond motifs is 3. The number of anilines is 1. The zero-order valence-electron chi connectivity index (χ0n) is 11.5. The number of nitrogen functional groups attached to an aromatic ring is 1. The second-order valence-electron chi connectivity index (χ2n) is 5.12. The molecule has 4 rings (SSSR count). The first-order valence-corrected chi connectivity index (χ1v) is 7.42. The van der Waals surface area contributed by atoms with Crippen molar-refractivity contribution in [2.75, 3.05) is 12.3 Å². The van der Waals surface area contributed by atoms with E-state index in [0.717, 1.165) is 47.4 Å². The Hall–Kier alpha value is -1.40. The Balaban J connectivity index is 0.00000144. The van der Waals surface area contributed by atoms with Crippen LogP contribution in [0.3, 0.4) is 0 Å². The van der Waals surface area contributed by atoms with E-state index in [1.165, 1.54) is 0 Å². The van der Waals surface area contributed by atoms with E-state index >= 15 is 0 Å². The molecule has 0 saturated carbocycles. The normalized spacial score (nSPS) is 13.9. The molecule has 2 aromatic heterocycles. The fourth-order valence-corrected chi connectivity index (χ4v) is 3.55. The lowest BCUT2D eigenvalue weighted by molar-refractivity contribution is 0.528. The summed E-state index contributed by atoms with van der Waals surface area (Å²) in [6.45, 7) is 2.50. The Kier molecular flexibility index (Phi) is 3.99. The zero-order valence-corrected chi connectivity index (χ0v) is 13.8. The van der Waals surface area contributed by atoms with Gasteiger partial charge in [-0.15, -0.1) is 12.4 Å². The van der Waals surface area contributed by atoms with E-state index in [-0.39, 0.29) is 12.4 Å². The molecule has 3 heterocycles. The predicted molar refractivity (Wildman–Crippen MR) is 92.9 cm³/mol. The molecule has 0 spiro atoms. The summed E-state index contributed by atoms with van der Waals surface area (Å²) in [5.41, 5.74) is 11.0. The summed E-state index contributed by atoms with van der Waals surface area (Å²) >= 11 is 12.7. The highest BCUT2D eigenvalue weighted by atomic mass is 35.5. The Bertz CT molecular complexity index is 838. The Morgan fingerprint density at radius 3 is 2.86 bits per heavy atom. The molecule has 3 aromatic rings. The minimum absolute atomic E-state index is 0. The van der Waals surface area contributed by atoms with Crippen molar-refractivity contribution in [1.82, 2.24) is 20.1 Å². The summed E-state index contributed by atoms with van der Waals surface area (Å²) in [7, 11) is 0. The van der Waals surface area contributed by atoms with Crippen molar-refractivity contribution < 1.29 is 0 Å². The predicted octanol–water partition coefficient (Wildman–Crippen LogP) is 3.45. The third kappa shape index (κ3) is 2.08. The molecule has 22 heavy (non-hydrogen) atoms. The zero-order chi connectivity index (χ0) is 14.6. The van der Waals surface area contributed by atoms with Gasteiger partial charge in [0.25, 0.3) is 0 Å². The van der Waals surface area contributed by atoms with Crippen molar-refractivity contribution in [3.05, 3.63) is 34.2 Å². The summed E-state index contributed by atoms with van der Waals surface area (Å²) in [6.07, 6.45) is 3.67. The van der Waals surface area contributed by atoms with E-state index in [4.69, 9.17) is 28.9 Å². The van der Waals surface area contributed by atoms with Crippen LogP contribution in [0, 0.1) is 0 Å². The molecule has 8 heteroatoms. The maximum absolute atomic E-state index is 6.46. The highest BCUT2D eigenvalue weighted by Crippen LogP contribution is 2.44. The van der Waals surface area contributed by atoms with Gasteiger partial charge in [0.1, 0.15) is 0 Å². The molecule has 116 valence electrons. The molecule has 0 atom stereocenters. The van der Waals surface area contributed by atoms with E-state index in [0.29, 0.717) is 15.7 Å². The second kappa shape index (κ2) is 5.66. The standard InChI is InChI=1S/C14H13Cl2N5.ClH/c15-8-3-9(17)12-11(7-4-19-20-5-7)10-6-18-1-2-21(10)14(12)13(8)16;/h3-5,18H,1-2,6,17H2,(H,19,20);1H. The smallest absolute Gasteiger partial charge is 0.0837 e. The molecule has 5 nitrogen and oxygen atoms in total. The van der Waals surface area contributed by atoms with Gasteiger partial charge in [0.05, 0.1) is 21.8 Å². The second-order valence-corrected chi connectivity index (χ2v) is 5.91. The van der Waals surface area contributed by atoms with E-state index in [9.17, 15) is 0 Å². The number of H-pyrrole nitrogens is 1. The fourth-order valence-electron chi connectivity index (χ4n) is 3.09. The van der Waals surface area contributed by atoms with Gasteiger partial charge in [0.15, 0.2) is 0 Å². The number of halogens is 3. The van der Waals surface area contributed by atoms with Crippen LogP contribution in [0.4, 0.5) is 5.69 Å². The van der Waals surface area contributed by atoms with Gasteiger partial charge in [-0.1, -0.05) is 23.2 Å². The molecule has 0 bridgehead atoms. The number of nitrogens with one attached hydrogen (secondary N) is 2. The van der Waals surface area contributed by atoms with Gasteiger partial charge >= 0.3 is 0 Å². The number of aromatic amines is 1. The van der Waals surface area contributed by atoms with E-state index in [1.807, 2.05) is 6.20 Å². The lowest BCUT2D eigenvalue weighted by Gasteiger charge is -2.18.